The van der Waals surface area contributed by atoms with Crippen LogP contribution in [-0.2, 0) is 28.4 Å². The van der Waals surface area contributed by atoms with E-state index in [0.29, 0.717) is 0 Å². The Kier molecular flexibility index (Phi) is 17.0. The number of aromatic amines is 5. The third-order valence-electron chi connectivity index (χ3n) is 16.4. The molecular formula is C49H58FIN14O20. The summed E-state index contributed by atoms with van der Waals surface area (Å²) in [5.74, 6) is -1.84. The quantitative estimate of drug-likeness (QED) is 0.0151. The fourth-order valence-electron chi connectivity index (χ4n) is 12.0. The van der Waals surface area contributed by atoms with Gasteiger partial charge in [-0.25, -0.2) is 28.4 Å². The van der Waals surface area contributed by atoms with E-state index in [1.54, 1.807) is 22.6 Å². The molecule has 0 saturated carbocycles. The third-order valence-corrected chi connectivity index (χ3v) is 17.1. The first kappa shape index (κ1) is 61.0. The van der Waals surface area contributed by atoms with Gasteiger partial charge in [-0.2, -0.15) is 0 Å². The molecule has 5 aliphatic heterocycles. The summed E-state index contributed by atoms with van der Waals surface area (Å²) in [7, 11) is 0. The van der Waals surface area contributed by atoms with Crippen molar-refractivity contribution in [3.05, 3.63) is 171 Å². The van der Waals surface area contributed by atoms with Gasteiger partial charge in [-0.1, -0.05) is 5.11 Å². The molecule has 0 aromatic carbocycles. The minimum absolute atomic E-state index is 0.00423. The van der Waals surface area contributed by atoms with Crippen LogP contribution in [0.25, 0.3) is 10.4 Å². The molecular weight excluding hydrogens is 1250 g/mol. The topological polar surface area (TPSA) is 485 Å². The van der Waals surface area contributed by atoms with E-state index in [4.69, 9.17) is 34.2 Å². The van der Waals surface area contributed by atoms with Gasteiger partial charge in [0.2, 0.25) is 0 Å². The Morgan fingerprint density at radius 2 is 1.07 bits per heavy atom. The number of nitrogens with one attached hydrogen (secondary N) is 5. The summed E-state index contributed by atoms with van der Waals surface area (Å²) in [5.41, 5.74) is 5.23. The lowest BCUT2D eigenvalue weighted by atomic mass is 9.72. The SMILES string of the molecule is Cc1cn([C@@H]2O[C@@](C(OC(O)[C@H]3O[C@@H](n4cc(C)c(=O)[nH]c4=O)C[C@@H]3N=[N+]=[N-])C(O)[C@H]3O[C@@H](n4cc(C)c(=O)[nH]c4=O)C[C@@H]3F)(C(O)[C@@H]3CC[C@H](n4cc(C)c(=O)[nH]c4=O)O3)[C@@H](N)[C@H]2C(O)[C@@H]2CC[C@H](n3cc(I)c(=O)[nH]c3=O)O2)c(=O)[nH]c1=O. The number of nitrogens with zero attached hydrogens (tertiary/aromatic N) is 8. The average Bonchev–Trinajstić information content (AvgIpc) is 1.71. The molecule has 85 heavy (non-hydrogen) atoms. The maximum atomic E-state index is 17.1. The van der Waals surface area contributed by atoms with Crippen LogP contribution in [0.1, 0.15) is 91.9 Å². The largest absolute Gasteiger partial charge is 0.390 e. The van der Waals surface area contributed by atoms with Crippen LogP contribution in [-0.4, -0.2) is 147 Å². The second-order valence-electron chi connectivity index (χ2n) is 21.7. The fraction of sp³-hybridized carbons (Fsp3) is 0.592. The predicted octanol–water partition coefficient (Wildman–Crippen LogP) is -3.48. The zero-order valence-electron chi connectivity index (χ0n) is 45.3. The number of aliphatic hydroxyl groups excluding tert-OH is 4. The number of aliphatic hydroxyl groups is 4. The molecule has 19 atom stereocenters. The maximum absolute atomic E-state index is 17.1. The van der Waals surface area contributed by atoms with Crippen molar-refractivity contribution in [3.63, 3.8) is 0 Å². The van der Waals surface area contributed by atoms with Crippen molar-refractivity contribution in [2.75, 3.05) is 0 Å². The molecule has 0 aliphatic carbocycles. The second kappa shape index (κ2) is 23.7. The lowest BCUT2D eigenvalue weighted by Gasteiger charge is -2.48. The molecule has 5 aromatic rings. The van der Waals surface area contributed by atoms with Crippen LogP contribution in [0, 0.1) is 37.2 Å². The number of H-pyrrole nitrogens is 5. The average molecular weight is 1310 g/mol. The monoisotopic (exact) mass is 1310 g/mol. The number of ether oxygens (including phenoxy) is 6. The lowest BCUT2D eigenvalue weighted by molar-refractivity contribution is -0.303. The third kappa shape index (κ3) is 11.1. The van der Waals surface area contributed by atoms with Crippen molar-refractivity contribution in [3.8, 4) is 0 Å². The number of aromatic nitrogens is 10. The van der Waals surface area contributed by atoms with Crippen LogP contribution < -0.4 is 62.0 Å². The Morgan fingerprint density at radius 3 is 1.60 bits per heavy atom. The molecule has 5 aromatic heterocycles. The van der Waals surface area contributed by atoms with Gasteiger partial charge in [0.15, 0.2) is 6.29 Å². The molecule has 10 rings (SSSR count). The predicted molar refractivity (Wildman–Crippen MR) is 293 cm³/mol. The van der Waals surface area contributed by atoms with Crippen LogP contribution in [0.2, 0.25) is 0 Å². The van der Waals surface area contributed by atoms with Crippen LogP contribution in [0.4, 0.5) is 4.39 Å². The molecule has 0 radical (unpaired) electrons. The number of azide groups is 1. The van der Waals surface area contributed by atoms with Crippen molar-refractivity contribution >= 4 is 22.6 Å². The Bertz CT molecular complexity index is 4090. The van der Waals surface area contributed by atoms with Crippen molar-refractivity contribution in [2.45, 2.75) is 176 Å². The lowest BCUT2D eigenvalue weighted by Crippen LogP contribution is -2.71. The molecule has 5 fully saturated rings. The maximum Gasteiger partial charge on any atom is 0.330 e. The highest BCUT2D eigenvalue weighted by atomic mass is 127. The zero-order valence-corrected chi connectivity index (χ0v) is 47.4. The van der Waals surface area contributed by atoms with Gasteiger partial charge in [-0.3, -0.25) is 71.7 Å². The van der Waals surface area contributed by atoms with Crippen molar-refractivity contribution in [2.24, 2.45) is 16.8 Å². The molecule has 34 nitrogen and oxygen atoms in total. The normalized spacial score (nSPS) is 31.2. The van der Waals surface area contributed by atoms with E-state index in [2.05, 4.69) is 34.9 Å². The number of nitrogens with two attached hydrogens (primary N) is 1. The molecule has 458 valence electrons. The van der Waals surface area contributed by atoms with Crippen LogP contribution >= 0.6 is 22.6 Å². The minimum Gasteiger partial charge on any atom is -0.390 e. The van der Waals surface area contributed by atoms with Gasteiger partial charge >= 0.3 is 28.4 Å². The summed E-state index contributed by atoms with van der Waals surface area (Å²) in [6.45, 7) is 5.41. The van der Waals surface area contributed by atoms with E-state index in [0.717, 1.165) is 41.4 Å². The first-order valence-electron chi connectivity index (χ1n) is 26.6. The van der Waals surface area contributed by atoms with Crippen molar-refractivity contribution < 1.29 is 53.2 Å². The highest BCUT2D eigenvalue weighted by molar-refractivity contribution is 14.1. The number of hydrogen-bond donors (Lipinski definition) is 10. The van der Waals surface area contributed by atoms with Gasteiger partial charge < -0.3 is 54.6 Å². The summed E-state index contributed by atoms with van der Waals surface area (Å²) in [5, 5.41) is 55.8. The van der Waals surface area contributed by atoms with Gasteiger partial charge in [0.05, 0.1) is 33.8 Å². The summed E-state index contributed by atoms with van der Waals surface area (Å²) in [6, 6.07) is -3.62. The van der Waals surface area contributed by atoms with Gasteiger partial charge in [0, 0.05) is 77.0 Å². The summed E-state index contributed by atoms with van der Waals surface area (Å²) in [4.78, 5) is 143. The van der Waals surface area contributed by atoms with E-state index < -0.39 is 185 Å². The van der Waals surface area contributed by atoms with E-state index >= 15 is 4.39 Å². The number of aryl methyl sites for hydroxylation is 4. The molecule has 5 saturated heterocycles. The van der Waals surface area contributed by atoms with Crippen molar-refractivity contribution in [1.29, 1.82) is 0 Å². The second-order valence-corrected chi connectivity index (χ2v) is 22.8. The number of hydrogen-bond acceptors (Lipinski definition) is 22. The standard InChI is InChI=1S/C49H58FIN14O20/c1-16-11-61(44(75)54-37(16)69)25-8-6-24(81-25)35(68)49(34(52)29(42(85-49)65-14-19(4)40(72)57-48(65)79)30(66)23-5-7-26(80-23)64-15-21(51)41(73)58-47(64)78)36(31(67)32-20(50)9-27(82-32)62-12-17(2)38(70)55-45(62)76)84-43(74)33-22(59-60-53)10-28(83-33)63-13-18(3)39(71)56-46(63)77/h11-15,20,22-36,42-43,66-68,74H,5-10,52H2,1-4H3,(H,54,69,75)(H,55,70,76)(H,56,71,77)(H,57,72,79)(H,58,73,78)/t20-,22-,23-,24-,25+,26+,27+,28+,29+,30?,31?,32-,33-,34-,35?,36?,42+,43?,49+/m0/s1. The fourth-order valence-corrected chi connectivity index (χ4v) is 12.4. The van der Waals surface area contributed by atoms with Crippen LogP contribution in [0.3, 0.4) is 0 Å². The van der Waals surface area contributed by atoms with Crippen LogP contribution in [0.15, 0.2) is 84.0 Å². The zero-order chi connectivity index (χ0) is 61.4. The van der Waals surface area contributed by atoms with E-state index in [1.807, 2.05) is 0 Å². The highest BCUT2D eigenvalue weighted by Gasteiger charge is 2.69. The first-order valence-corrected chi connectivity index (χ1v) is 27.7. The van der Waals surface area contributed by atoms with E-state index in [-0.39, 0.29) is 51.5 Å². The van der Waals surface area contributed by atoms with Gasteiger partial charge in [0.25, 0.3) is 27.8 Å². The van der Waals surface area contributed by atoms with Gasteiger partial charge in [-0.05, 0) is 81.5 Å². The molecule has 36 heteroatoms. The van der Waals surface area contributed by atoms with Crippen LogP contribution in [0.5, 0.6) is 0 Å². The first-order chi connectivity index (χ1) is 40.2. The number of alkyl halides is 1. The van der Waals surface area contributed by atoms with Gasteiger partial charge in [0.1, 0.15) is 73.4 Å². The molecule has 0 bridgehead atoms. The number of rotatable bonds is 16. The molecule has 0 spiro atoms. The Labute approximate surface area is 486 Å². The molecule has 11 N–H and O–H groups in total. The molecule has 5 unspecified atom stereocenters. The summed E-state index contributed by atoms with van der Waals surface area (Å²) < 4.78 is 60.1. The highest BCUT2D eigenvalue weighted by Crippen LogP contribution is 2.52. The van der Waals surface area contributed by atoms with E-state index in [1.165, 1.54) is 40.1 Å². The Hall–Kier alpha value is -7.07. The summed E-state index contributed by atoms with van der Waals surface area (Å²) >= 11 is 1.69. The summed E-state index contributed by atoms with van der Waals surface area (Å²) in [6.07, 6.45) is -25.2. The minimum atomic E-state index is -3.05. The molecule has 0 amide bonds. The van der Waals surface area contributed by atoms with Crippen molar-refractivity contribution in [1.82, 2.24) is 47.8 Å². The number of halogens is 2. The molecule has 10 heterocycles. The Balaban J connectivity index is 1.15. The smallest absolute Gasteiger partial charge is 0.330 e. The Morgan fingerprint density at radius 1 is 0.635 bits per heavy atom. The van der Waals surface area contributed by atoms with E-state index in [9.17, 15) is 73.9 Å². The molecule has 5 aliphatic rings. The van der Waals surface area contributed by atoms with Gasteiger partial charge in [-0.15, -0.1) is 0 Å².